The van der Waals surface area contributed by atoms with Crippen molar-refractivity contribution in [2.24, 2.45) is 0 Å². The summed E-state index contributed by atoms with van der Waals surface area (Å²) < 4.78 is 15.8. The van der Waals surface area contributed by atoms with Gasteiger partial charge >= 0.3 is 5.97 Å². The number of esters is 1. The Hall–Kier alpha value is -4.30. The van der Waals surface area contributed by atoms with Crippen LogP contribution >= 0.6 is 11.6 Å². The molecule has 3 aromatic rings. The van der Waals surface area contributed by atoms with Crippen LogP contribution in [0.2, 0.25) is 5.02 Å². The Morgan fingerprint density at radius 2 is 1.68 bits per heavy atom. The van der Waals surface area contributed by atoms with Crippen LogP contribution in [0.1, 0.15) is 29.7 Å². The Balaban J connectivity index is 1.97. The number of aliphatic hydroxyl groups excluding tert-OH is 1. The molecular formula is C28H24ClNO7. The van der Waals surface area contributed by atoms with Gasteiger partial charge in [-0.25, -0.2) is 0 Å². The first-order valence-corrected chi connectivity index (χ1v) is 11.6. The van der Waals surface area contributed by atoms with Crippen molar-refractivity contribution in [3.8, 4) is 17.2 Å². The van der Waals surface area contributed by atoms with Gasteiger partial charge in [-0.15, -0.1) is 0 Å². The van der Waals surface area contributed by atoms with Crippen molar-refractivity contribution in [2.75, 3.05) is 19.1 Å². The summed E-state index contributed by atoms with van der Waals surface area (Å²) in [5.74, 6) is -1.69. The third-order valence-electron chi connectivity index (χ3n) is 5.88. The summed E-state index contributed by atoms with van der Waals surface area (Å²) in [6.45, 7) is 3.06. The lowest BCUT2D eigenvalue weighted by atomic mass is 9.94. The van der Waals surface area contributed by atoms with Gasteiger partial charge in [-0.3, -0.25) is 19.3 Å². The molecule has 9 heteroatoms. The van der Waals surface area contributed by atoms with Crippen molar-refractivity contribution in [3.05, 3.63) is 87.9 Å². The Morgan fingerprint density at radius 1 is 0.973 bits per heavy atom. The lowest BCUT2D eigenvalue weighted by Crippen LogP contribution is -2.29. The third-order valence-corrected chi connectivity index (χ3v) is 6.16. The molecular weight excluding hydrogens is 498 g/mol. The zero-order valence-electron chi connectivity index (χ0n) is 20.6. The number of hydrogen-bond donors (Lipinski definition) is 1. The number of Topliss-reactive ketones (excluding diaryl/α,β-unsaturated/α-hetero) is 1. The van der Waals surface area contributed by atoms with Gasteiger partial charge in [0.2, 0.25) is 0 Å². The highest BCUT2D eigenvalue weighted by atomic mass is 35.5. The number of ether oxygens (including phenoxy) is 3. The highest BCUT2D eigenvalue weighted by Gasteiger charge is 2.47. The van der Waals surface area contributed by atoms with E-state index in [1.165, 1.54) is 26.0 Å². The fourth-order valence-corrected chi connectivity index (χ4v) is 4.67. The van der Waals surface area contributed by atoms with E-state index in [9.17, 15) is 19.5 Å². The largest absolute Gasteiger partial charge is 0.507 e. The van der Waals surface area contributed by atoms with Gasteiger partial charge in [-0.1, -0.05) is 29.8 Å². The van der Waals surface area contributed by atoms with E-state index in [0.717, 1.165) is 5.56 Å². The number of rotatable bonds is 6. The average molecular weight is 522 g/mol. The lowest BCUT2D eigenvalue weighted by molar-refractivity contribution is -0.132. The van der Waals surface area contributed by atoms with E-state index in [0.29, 0.717) is 22.7 Å². The third kappa shape index (κ3) is 4.88. The Labute approximate surface area is 218 Å². The number of anilines is 1. The van der Waals surface area contributed by atoms with Crippen LogP contribution in [0.25, 0.3) is 5.76 Å². The molecule has 0 aromatic heterocycles. The zero-order chi connectivity index (χ0) is 26.9. The van der Waals surface area contributed by atoms with Gasteiger partial charge in [-0.2, -0.15) is 0 Å². The molecule has 8 nitrogen and oxygen atoms in total. The van der Waals surface area contributed by atoms with Crippen molar-refractivity contribution in [1.82, 2.24) is 0 Å². The van der Waals surface area contributed by atoms with Crippen LogP contribution in [0.4, 0.5) is 5.69 Å². The topological polar surface area (TPSA) is 102 Å². The number of nitrogens with zero attached hydrogens (tertiary/aromatic N) is 1. The van der Waals surface area contributed by atoms with Gasteiger partial charge in [0, 0.05) is 18.7 Å². The minimum atomic E-state index is -1.01. The summed E-state index contributed by atoms with van der Waals surface area (Å²) in [5, 5.41) is 11.7. The van der Waals surface area contributed by atoms with Crippen molar-refractivity contribution in [3.63, 3.8) is 0 Å². The number of amides is 1. The molecule has 0 bridgehead atoms. The SMILES string of the molecule is COc1cccc(N2C(=O)C(=O)/C(=C(/O)c3cc(C)cc(Cl)c3OC)C2c2ccc(OC(C)=O)cc2)c1. The first kappa shape index (κ1) is 25.8. The summed E-state index contributed by atoms with van der Waals surface area (Å²) in [6.07, 6.45) is 0. The highest BCUT2D eigenvalue weighted by molar-refractivity contribution is 6.51. The molecule has 1 unspecified atom stereocenters. The van der Waals surface area contributed by atoms with Gasteiger partial charge in [0.1, 0.15) is 23.0 Å². The number of carbonyl (C=O) groups is 3. The van der Waals surface area contributed by atoms with Crippen molar-refractivity contribution >= 4 is 40.7 Å². The molecule has 0 spiro atoms. The predicted octanol–water partition coefficient (Wildman–Crippen LogP) is 5.22. The molecule has 0 radical (unpaired) electrons. The van der Waals surface area contributed by atoms with E-state index in [1.807, 2.05) is 0 Å². The molecule has 4 rings (SSSR count). The second-order valence-corrected chi connectivity index (χ2v) is 8.77. The van der Waals surface area contributed by atoms with Crippen LogP contribution in [0, 0.1) is 6.92 Å². The monoisotopic (exact) mass is 521 g/mol. The van der Waals surface area contributed by atoms with Crippen molar-refractivity contribution in [2.45, 2.75) is 19.9 Å². The summed E-state index contributed by atoms with van der Waals surface area (Å²) in [6, 6.07) is 15.3. The fourth-order valence-electron chi connectivity index (χ4n) is 4.32. The minimum Gasteiger partial charge on any atom is -0.507 e. The molecule has 1 saturated heterocycles. The number of aryl methyl sites for hydroxylation is 1. The van der Waals surface area contributed by atoms with Crippen LogP contribution in [0.15, 0.2) is 66.2 Å². The number of aliphatic hydroxyl groups is 1. The standard InChI is InChI=1S/C28H24ClNO7/c1-15-12-21(27(36-4)22(29)13-15)25(32)23-24(17-8-10-19(11-9-17)37-16(2)31)30(28(34)26(23)33)18-6-5-7-20(14-18)35-3/h5-14,24,32H,1-4H3/b25-23+. The first-order valence-electron chi connectivity index (χ1n) is 11.2. The van der Waals surface area contributed by atoms with E-state index in [1.54, 1.807) is 67.6 Å². The number of ketones is 1. The van der Waals surface area contributed by atoms with Crippen LogP contribution < -0.4 is 19.1 Å². The molecule has 1 N–H and O–H groups in total. The summed E-state index contributed by atoms with van der Waals surface area (Å²) in [4.78, 5) is 39.5. The van der Waals surface area contributed by atoms with Crippen LogP contribution in [-0.2, 0) is 14.4 Å². The van der Waals surface area contributed by atoms with E-state index < -0.39 is 29.5 Å². The van der Waals surface area contributed by atoms with Gasteiger partial charge in [0.25, 0.3) is 11.7 Å². The minimum absolute atomic E-state index is 0.145. The quantitative estimate of drug-likeness (QED) is 0.156. The first-order chi connectivity index (χ1) is 17.7. The maximum atomic E-state index is 13.4. The van der Waals surface area contributed by atoms with Crippen molar-refractivity contribution in [1.29, 1.82) is 0 Å². The molecule has 1 fully saturated rings. The van der Waals surface area contributed by atoms with Gasteiger partial charge in [-0.05, 0) is 54.4 Å². The Kier molecular flexibility index (Phi) is 7.22. The Morgan fingerprint density at radius 3 is 2.30 bits per heavy atom. The number of benzene rings is 3. The second-order valence-electron chi connectivity index (χ2n) is 8.36. The number of hydrogen-bond acceptors (Lipinski definition) is 7. The van der Waals surface area contributed by atoms with Crippen LogP contribution in [0.5, 0.6) is 17.2 Å². The molecule has 1 heterocycles. The molecule has 3 aromatic carbocycles. The van der Waals surface area contributed by atoms with Gasteiger partial charge in [0.05, 0.1) is 36.4 Å². The lowest BCUT2D eigenvalue weighted by Gasteiger charge is -2.26. The zero-order valence-corrected chi connectivity index (χ0v) is 21.3. The number of halogens is 1. The van der Waals surface area contributed by atoms with E-state index >= 15 is 0 Å². The second kappa shape index (κ2) is 10.4. The number of carbonyl (C=O) groups excluding carboxylic acids is 3. The van der Waals surface area contributed by atoms with Crippen LogP contribution in [-0.4, -0.2) is 37.0 Å². The number of methoxy groups -OCH3 is 2. The molecule has 1 aliphatic rings. The van der Waals surface area contributed by atoms with Crippen LogP contribution in [0.3, 0.4) is 0 Å². The normalized spacial score (nSPS) is 16.6. The van der Waals surface area contributed by atoms with Gasteiger partial charge in [0.15, 0.2) is 0 Å². The molecule has 1 aliphatic heterocycles. The van der Waals surface area contributed by atoms with E-state index in [2.05, 4.69) is 0 Å². The molecule has 1 atom stereocenters. The summed E-state index contributed by atoms with van der Waals surface area (Å²) in [5.41, 5.74) is 1.64. The van der Waals surface area contributed by atoms with Gasteiger partial charge < -0.3 is 19.3 Å². The van der Waals surface area contributed by atoms with E-state index in [-0.39, 0.29) is 21.9 Å². The molecule has 0 saturated carbocycles. The molecule has 37 heavy (non-hydrogen) atoms. The molecule has 190 valence electrons. The Bertz CT molecular complexity index is 1430. The van der Waals surface area contributed by atoms with E-state index in [4.69, 9.17) is 25.8 Å². The highest BCUT2D eigenvalue weighted by Crippen LogP contribution is 2.45. The maximum Gasteiger partial charge on any atom is 0.308 e. The fraction of sp³-hybridized carbons (Fsp3) is 0.179. The molecule has 0 aliphatic carbocycles. The summed E-state index contributed by atoms with van der Waals surface area (Å²) in [7, 11) is 2.89. The predicted molar refractivity (Wildman–Crippen MR) is 138 cm³/mol. The average Bonchev–Trinajstić information content (AvgIpc) is 3.13. The maximum absolute atomic E-state index is 13.4. The van der Waals surface area contributed by atoms with Crippen molar-refractivity contribution < 1.29 is 33.7 Å². The molecule has 1 amide bonds. The summed E-state index contributed by atoms with van der Waals surface area (Å²) >= 11 is 6.34. The smallest absolute Gasteiger partial charge is 0.308 e.